The van der Waals surface area contributed by atoms with Gasteiger partial charge in [0.1, 0.15) is 17.0 Å². The molecule has 3 saturated heterocycles. The van der Waals surface area contributed by atoms with E-state index in [4.69, 9.17) is 16.3 Å². The number of imide groups is 1. The summed E-state index contributed by atoms with van der Waals surface area (Å²) in [4.78, 5) is 55.2. The Morgan fingerprint density at radius 2 is 2.00 bits per heavy atom. The molecule has 3 amide bonds. The van der Waals surface area contributed by atoms with Crippen molar-refractivity contribution in [2.24, 2.45) is 11.8 Å². The zero-order chi connectivity index (χ0) is 23.9. The number of hydrogen-bond donors (Lipinski definition) is 1. The van der Waals surface area contributed by atoms with Gasteiger partial charge in [-0.05, 0) is 31.5 Å². The van der Waals surface area contributed by atoms with Gasteiger partial charge in [-0.3, -0.25) is 29.4 Å². The van der Waals surface area contributed by atoms with Crippen LogP contribution in [0, 0.1) is 22.0 Å². The number of anilines is 2. The summed E-state index contributed by atoms with van der Waals surface area (Å²) in [5.41, 5.74) is -0.612. The fourth-order valence-electron chi connectivity index (χ4n) is 6.40. The molecule has 0 saturated carbocycles. The van der Waals surface area contributed by atoms with Crippen LogP contribution in [0.3, 0.4) is 0 Å². The molecule has 3 fully saturated rings. The Kier molecular flexibility index (Phi) is 4.34. The number of para-hydroxylation sites is 1. The van der Waals surface area contributed by atoms with Crippen molar-refractivity contribution in [2.45, 2.75) is 24.4 Å². The molecule has 0 bridgehead atoms. The van der Waals surface area contributed by atoms with Gasteiger partial charge in [-0.2, -0.15) is 0 Å². The predicted octanol–water partition coefficient (Wildman–Crippen LogP) is 2.69. The largest absolute Gasteiger partial charge is 0.495 e. The molecule has 0 aromatic heterocycles. The first-order chi connectivity index (χ1) is 16.3. The van der Waals surface area contributed by atoms with Crippen LogP contribution >= 0.6 is 11.6 Å². The van der Waals surface area contributed by atoms with Gasteiger partial charge in [0.25, 0.3) is 11.6 Å². The number of ether oxygens (including phenoxy) is 1. The summed E-state index contributed by atoms with van der Waals surface area (Å²) >= 11 is 6.38. The molecule has 4 heterocycles. The molecule has 4 aliphatic heterocycles. The fraction of sp³-hybridized carbons (Fsp3) is 0.348. The van der Waals surface area contributed by atoms with Crippen molar-refractivity contribution in [2.75, 3.05) is 23.9 Å². The van der Waals surface area contributed by atoms with Gasteiger partial charge in [-0.25, -0.2) is 4.90 Å². The Balaban J connectivity index is 1.56. The monoisotopic (exact) mass is 482 g/mol. The van der Waals surface area contributed by atoms with Gasteiger partial charge in [0.15, 0.2) is 0 Å². The van der Waals surface area contributed by atoms with Crippen molar-refractivity contribution in [3.63, 3.8) is 0 Å². The summed E-state index contributed by atoms with van der Waals surface area (Å²) in [7, 11) is 1.36. The number of carbonyl (C=O) groups excluding carboxylic acids is 3. The average molecular weight is 483 g/mol. The third-order valence-corrected chi connectivity index (χ3v) is 7.91. The Morgan fingerprint density at radius 1 is 1.21 bits per heavy atom. The van der Waals surface area contributed by atoms with Crippen LogP contribution in [0.2, 0.25) is 5.02 Å². The van der Waals surface area contributed by atoms with Gasteiger partial charge < -0.3 is 10.1 Å². The van der Waals surface area contributed by atoms with Crippen molar-refractivity contribution in [1.29, 1.82) is 0 Å². The summed E-state index contributed by atoms with van der Waals surface area (Å²) in [5, 5.41) is 14.6. The van der Waals surface area contributed by atoms with Gasteiger partial charge in [-0.1, -0.05) is 23.7 Å². The molecule has 174 valence electrons. The van der Waals surface area contributed by atoms with Crippen molar-refractivity contribution in [3.05, 3.63) is 57.1 Å². The number of halogens is 1. The number of methoxy groups -OCH3 is 1. The minimum Gasteiger partial charge on any atom is -0.495 e. The lowest BCUT2D eigenvalue weighted by Crippen LogP contribution is -2.54. The van der Waals surface area contributed by atoms with E-state index in [9.17, 15) is 24.5 Å². The van der Waals surface area contributed by atoms with Gasteiger partial charge in [-0.15, -0.1) is 0 Å². The number of non-ortho nitro benzene ring substituents is 1. The van der Waals surface area contributed by atoms with Gasteiger partial charge in [0.05, 0.1) is 34.6 Å². The molecule has 0 aliphatic carbocycles. The third-order valence-electron chi connectivity index (χ3n) is 7.59. The highest BCUT2D eigenvalue weighted by Gasteiger charge is 2.75. The van der Waals surface area contributed by atoms with Crippen molar-refractivity contribution in [1.82, 2.24) is 4.90 Å². The standard InChI is InChI=1S/C23H19ClN4O6/c1-34-16-8-7-11(28(32)33)10-15(16)27-20(29)17-14-6-3-9-26(14)23(18(17)21(27)30)12-4-2-5-13(24)19(12)25-22(23)31/h2,4-5,7-8,10,14,17-18H,3,6,9H2,1H3,(H,25,31)/t14-,17+,18+,23+/m1/s1. The minimum atomic E-state index is -1.37. The van der Waals surface area contributed by atoms with Gasteiger partial charge in [0.2, 0.25) is 11.8 Å². The highest BCUT2D eigenvalue weighted by Crippen LogP contribution is 2.61. The van der Waals surface area contributed by atoms with Crippen LogP contribution in [0.25, 0.3) is 0 Å². The zero-order valence-corrected chi connectivity index (χ0v) is 18.7. The third kappa shape index (κ3) is 2.36. The number of nitrogens with one attached hydrogen (secondary N) is 1. The van der Waals surface area contributed by atoms with E-state index in [0.717, 1.165) is 17.4 Å². The first-order valence-electron chi connectivity index (χ1n) is 10.9. The minimum absolute atomic E-state index is 0.00511. The molecular weight excluding hydrogens is 464 g/mol. The maximum absolute atomic E-state index is 14.0. The molecule has 11 heteroatoms. The second-order valence-corrected chi connectivity index (χ2v) is 9.32. The summed E-state index contributed by atoms with van der Waals surface area (Å²) < 4.78 is 5.33. The molecule has 0 radical (unpaired) electrons. The van der Waals surface area contributed by atoms with E-state index >= 15 is 0 Å². The Bertz CT molecular complexity index is 1310. The number of nitro groups is 1. The van der Waals surface area contributed by atoms with Crippen LogP contribution in [0.15, 0.2) is 36.4 Å². The van der Waals surface area contributed by atoms with E-state index in [0.29, 0.717) is 29.2 Å². The number of rotatable bonds is 3. The molecule has 4 atom stereocenters. The summed E-state index contributed by atoms with van der Waals surface area (Å²) in [6.45, 7) is 0.567. The van der Waals surface area contributed by atoms with E-state index in [1.165, 1.54) is 19.2 Å². The lowest BCUT2D eigenvalue weighted by molar-refractivity contribution is -0.384. The van der Waals surface area contributed by atoms with Crippen LogP contribution in [-0.4, -0.2) is 47.2 Å². The molecule has 34 heavy (non-hydrogen) atoms. The van der Waals surface area contributed by atoms with Gasteiger partial charge >= 0.3 is 0 Å². The smallest absolute Gasteiger partial charge is 0.271 e. The molecule has 6 rings (SSSR count). The van der Waals surface area contributed by atoms with E-state index in [1.54, 1.807) is 18.2 Å². The number of hydrogen-bond acceptors (Lipinski definition) is 7. The van der Waals surface area contributed by atoms with Crippen molar-refractivity contribution in [3.8, 4) is 5.75 Å². The number of fused-ring (bicyclic) bond motifs is 7. The van der Waals surface area contributed by atoms with E-state index in [1.807, 2.05) is 4.90 Å². The molecule has 2 aromatic carbocycles. The van der Waals surface area contributed by atoms with Gasteiger partial charge in [0, 0.05) is 23.7 Å². The van der Waals surface area contributed by atoms with Crippen LogP contribution in [-0.2, 0) is 19.9 Å². The highest BCUT2D eigenvalue weighted by atomic mass is 35.5. The van der Waals surface area contributed by atoms with E-state index in [-0.39, 0.29) is 29.1 Å². The topological polar surface area (TPSA) is 122 Å². The molecule has 2 aromatic rings. The second-order valence-electron chi connectivity index (χ2n) is 8.91. The molecule has 1 N–H and O–H groups in total. The molecule has 1 spiro atoms. The quantitative estimate of drug-likeness (QED) is 0.405. The number of amides is 3. The van der Waals surface area contributed by atoms with Crippen LogP contribution < -0.4 is 15.0 Å². The van der Waals surface area contributed by atoms with Crippen molar-refractivity contribution >= 4 is 46.4 Å². The Hall–Kier alpha value is -3.50. The Morgan fingerprint density at radius 3 is 2.74 bits per heavy atom. The highest BCUT2D eigenvalue weighted by molar-refractivity contribution is 6.35. The average Bonchev–Trinajstić information content (AvgIpc) is 3.52. The number of nitro benzene ring substituents is 1. The van der Waals surface area contributed by atoms with E-state index in [2.05, 4.69) is 5.32 Å². The number of nitrogens with zero attached hydrogens (tertiary/aromatic N) is 3. The summed E-state index contributed by atoms with van der Waals surface area (Å²) in [6.07, 6.45) is 1.44. The normalized spacial score (nSPS) is 29.4. The molecular formula is C23H19ClN4O6. The predicted molar refractivity (Wildman–Crippen MR) is 121 cm³/mol. The zero-order valence-electron chi connectivity index (χ0n) is 18.0. The fourth-order valence-corrected chi connectivity index (χ4v) is 6.62. The van der Waals surface area contributed by atoms with Crippen LogP contribution in [0.1, 0.15) is 18.4 Å². The maximum atomic E-state index is 14.0. The van der Waals surface area contributed by atoms with E-state index < -0.39 is 34.1 Å². The first kappa shape index (κ1) is 21.1. The maximum Gasteiger partial charge on any atom is 0.271 e. The number of carbonyl (C=O) groups is 3. The number of benzene rings is 2. The molecule has 0 unspecified atom stereocenters. The lowest BCUT2D eigenvalue weighted by Gasteiger charge is -2.36. The second kappa shape index (κ2) is 7.00. The van der Waals surface area contributed by atoms with Crippen molar-refractivity contribution < 1.29 is 24.0 Å². The summed E-state index contributed by atoms with van der Waals surface area (Å²) in [5.74, 6) is -3.05. The molecule has 4 aliphatic rings. The first-order valence-corrected chi connectivity index (χ1v) is 11.3. The molecule has 10 nitrogen and oxygen atoms in total. The Labute approximate surface area is 198 Å². The van der Waals surface area contributed by atoms with Crippen LogP contribution in [0.5, 0.6) is 5.75 Å². The van der Waals surface area contributed by atoms with Crippen LogP contribution in [0.4, 0.5) is 17.1 Å². The lowest BCUT2D eigenvalue weighted by atomic mass is 9.75. The summed E-state index contributed by atoms with van der Waals surface area (Å²) in [6, 6.07) is 8.61. The SMILES string of the molecule is COc1ccc([N+](=O)[O-])cc1N1C(=O)[C@H]2[C@H]3CCCN3[C@]3(C(=O)Nc4c(Cl)cccc43)[C@@H]2C1=O.